The first-order chi connectivity index (χ1) is 23.1. The molecule has 0 aliphatic heterocycles. The Labute approximate surface area is 302 Å². The molecule has 0 radical (unpaired) electrons. The Morgan fingerprint density at radius 2 is 1.12 bits per heavy atom. The molecule has 0 heterocycles. The highest BCUT2D eigenvalue weighted by Crippen LogP contribution is 2.78. The number of hydrogen-bond donors (Lipinski definition) is 1. The van der Waals surface area contributed by atoms with Crippen LogP contribution in [0.2, 0.25) is 0 Å². The Kier molecular flexibility index (Phi) is 7.92. The summed E-state index contributed by atoms with van der Waals surface area (Å²) < 4.78 is 17.8. The van der Waals surface area contributed by atoms with E-state index < -0.39 is 11.0 Å². The van der Waals surface area contributed by atoms with Crippen molar-refractivity contribution in [2.75, 3.05) is 0 Å². The van der Waals surface area contributed by atoms with Crippen molar-refractivity contribution in [2.45, 2.75) is 170 Å². The number of fused-ring (bicyclic) bond motifs is 1. The number of hydrogen-bond acceptors (Lipinski definition) is 1. The highest BCUT2D eigenvalue weighted by atomic mass is 32.2. The third kappa shape index (κ3) is 5.63. The van der Waals surface area contributed by atoms with Crippen LogP contribution in [0.15, 0.2) is 42.5 Å². The first kappa shape index (κ1) is 33.8. The van der Waals surface area contributed by atoms with E-state index in [1.807, 2.05) is 0 Å². The lowest BCUT2D eigenvalue weighted by Gasteiger charge is -2.67. The van der Waals surface area contributed by atoms with Gasteiger partial charge >= 0.3 is 0 Å². The zero-order chi connectivity index (χ0) is 34.1. The second-order valence-electron chi connectivity index (χ2n) is 21.2. The third-order valence-corrected chi connectivity index (χ3v) is 20.9. The van der Waals surface area contributed by atoms with E-state index in [2.05, 4.69) is 95.7 Å². The van der Waals surface area contributed by atoms with Crippen LogP contribution < -0.4 is 10.0 Å². The first-order valence-electron chi connectivity index (χ1n) is 20.4. The van der Waals surface area contributed by atoms with Crippen LogP contribution in [0.3, 0.4) is 0 Å². The fraction of sp³-hybridized carbons (Fsp3) is 0.733. The normalized spacial score (nSPS) is 39.8. The van der Waals surface area contributed by atoms with Gasteiger partial charge in [0.15, 0.2) is 0 Å². The predicted molar refractivity (Wildman–Crippen MR) is 209 cm³/mol. The molecule has 8 bridgehead atoms. The quantitative estimate of drug-likeness (QED) is 0.287. The summed E-state index contributed by atoms with van der Waals surface area (Å²) in [4.78, 5) is 0. The predicted octanol–water partition coefficient (Wildman–Crippen LogP) is 11.2. The van der Waals surface area contributed by atoms with Crippen LogP contribution in [0.1, 0.15) is 167 Å². The highest BCUT2D eigenvalue weighted by molar-refractivity contribution is 7.84. The van der Waals surface area contributed by atoms with Crippen molar-refractivity contribution in [3.63, 3.8) is 0 Å². The van der Waals surface area contributed by atoms with E-state index in [9.17, 15) is 4.21 Å². The molecule has 1 N–H and O–H groups in total. The number of rotatable bonds is 7. The van der Waals surface area contributed by atoms with Crippen LogP contribution in [0.4, 0.5) is 0 Å². The lowest BCUT2D eigenvalue weighted by molar-refractivity contribution is 0.0195. The maximum Gasteiger partial charge on any atom is 0.0979 e. The lowest BCUT2D eigenvalue weighted by atomic mass is 9.55. The third-order valence-electron chi connectivity index (χ3n) is 15.4. The average molecular weight is 698 g/mol. The van der Waals surface area contributed by atoms with Gasteiger partial charge in [-0.25, -0.2) is 8.93 Å². The summed E-state index contributed by atoms with van der Waals surface area (Å²) in [7, 11) is -1.57. The average Bonchev–Trinajstić information content (AvgIpc) is 3.00. The molecule has 0 unspecified atom stereocenters. The van der Waals surface area contributed by atoms with Crippen LogP contribution in [0.5, 0.6) is 0 Å². The van der Waals surface area contributed by atoms with Gasteiger partial charge in [-0.2, -0.15) is 0 Å². The van der Waals surface area contributed by atoms with Crippen LogP contribution >= 0.6 is 7.92 Å². The minimum atomic E-state index is -1.19. The second-order valence-corrected chi connectivity index (χ2v) is 26.2. The van der Waals surface area contributed by atoms with E-state index in [0.717, 1.165) is 35.5 Å². The van der Waals surface area contributed by atoms with Crippen molar-refractivity contribution in [1.29, 1.82) is 0 Å². The molecule has 2 atom stereocenters. The maximum atomic E-state index is 14.3. The van der Waals surface area contributed by atoms with E-state index in [4.69, 9.17) is 0 Å². The summed E-state index contributed by atoms with van der Waals surface area (Å²) in [6, 6.07) is 17.2. The van der Waals surface area contributed by atoms with Gasteiger partial charge in [0.25, 0.3) is 0 Å². The molecule has 9 aliphatic rings. The Bertz CT molecular complexity index is 1530. The standard InChI is InChI=1S/C45H64NOPS/c1-41(2,3)49(47)46-40(35-12-13-37-38(22-35)43(6,7)15-14-42(37,4)5)36-10-8-9-11-39(36)48(44-23-29-16-30(24-44)18-31(17-29)25-44)45-26-32-19-33(27-45)21-34(20-32)28-45/h8-13,22,29-34,40,46H,14-21,23-28H2,1-7H3/t29?,30?,31?,32?,33?,34?,40-,44?,45?,48?,49-/m1/s1. The minimum Gasteiger partial charge on any atom is -0.242 e. The van der Waals surface area contributed by atoms with Gasteiger partial charge < -0.3 is 0 Å². The van der Waals surface area contributed by atoms with Crippen molar-refractivity contribution in [1.82, 2.24) is 4.72 Å². The van der Waals surface area contributed by atoms with Gasteiger partial charge in [0.05, 0.1) is 21.8 Å². The highest BCUT2D eigenvalue weighted by Gasteiger charge is 2.63. The second kappa shape index (κ2) is 11.5. The molecule has 8 saturated carbocycles. The Morgan fingerprint density at radius 1 is 0.673 bits per heavy atom. The van der Waals surface area contributed by atoms with E-state index in [0.29, 0.717) is 10.3 Å². The molecule has 11 rings (SSSR count). The minimum absolute atomic E-state index is 0.0739. The summed E-state index contributed by atoms with van der Waals surface area (Å²) in [6.07, 6.45) is 20.5. The summed E-state index contributed by atoms with van der Waals surface area (Å²) in [5.74, 6) is 5.78. The molecule has 9 aliphatic carbocycles. The zero-order valence-corrected chi connectivity index (χ0v) is 33.5. The van der Waals surface area contributed by atoms with Crippen molar-refractivity contribution in [3.8, 4) is 0 Å². The molecule has 0 spiro atoms. The summed E-state index contributed by atoms with van der Waals surface area (Å²) >= 11 is 0. The van der Waals surface area contributed by atoms with E-state index in [1.165, 1.54) is 112 Å². The molecular formula is C45H64NOPS. The molecule has 2 aromatic carbocycles. The van der Waals surface area contributed by atoms with E-state index in [-0.39, 0.29) is 29.5 Å². The molecule has 49 heavy (non-hydrogen) atoms. The van der Waals surface area contributed by atoms with Gasteiger partial charge in [0.2, 0.25) is 0 Å². The fourth-order valence-electron chi connectivity index (χ4n) is 14.0. The smallest absolute Gasteiger partial charge is 0.0979 e. The van der Waals surface area contributed by atoms with E-state index in [1.54, 1.807) is 5.30 Å². The SMILES string of the molecule is CC1(C)CCC(C)(C)c2cc([C@@H](N[S@](=O)C(C)(C)C)c3ccccc3P(C34CC5CC(CC(C5)C3)C4)C34CC5CC(CC(C5)C3)C4)ccc21. The fourth-order valence-corrected chi connectivity index (χ4v) is 20.2. The van der Waals surface area contributed by atoms with E-state index >= 15 is 0 Å². The molecular weight excluding hydrogens is 634 g/mol. The van der Waals surface area contributed by atoms with Crippen LogP contribution in [-0.2, 0) is 21.8 Å². The van der Waals surface area contributed by atoms with Gasteiger partial charge in [-0.05, 0) is 195 Å². The molecule has 0 aromatic heterocycles. The topological polar surface area (TPSA) is 29.1 Å². The van der Waals surface area contributed by atoms with Crippen molar-refractivity contribution in [3.05, 3.63) is 64.7 Å². The maximum absolute atomic E-state index is 14.3. The van der Waals surface area contributed by atoms with Gasteiger partial charge in [0, 0.05) is 0 Å². The molecule has 2 nitrogen and oxygen atoms in total. The summed E-state index contributed by atoms with van der Waals surface area (Å²) in [5, 5.41) is 2.71. The Hall–Kier alpha value is -1.02. The van der Waals surface area contributed by atoms with Gasteiger partial charge in [-0.1, -0.05) is 78.1 Å². The molecule has 8 fully saturated rings. The molecule has 0 saturated heterocycles. The lowest BCUT2D eigenvalue weighted by Crippen LogP contribution is -2.58. The van der Waals surface area contributed by atoms with Crippen molar-refractivity contribution in [2.24, 2.45) is 35.5 Å². The number of benzene rings is 2. The molecule has 4 heteroatoms. The van der Waals surface area contributed by atoms with Gasteiger partial charge in [-0.15, -0.1) is 0 Å². The van der Waals surface area contributed by atoms with Gasteiger partial charge in [0.1, 0.15) is 0 Å². The largest absolute Gasteiger partial charge is 0.242 e. The Balaban J connectivity index is 1.23. The van der Waals surface area contributed by atoms with Gasteiger partial charge in [-0.3, -0.25) is 0 Å². The molecule has 0 amide bonds. The van der Waals surface area contributed by atoms with Crippen molar-refractivity contribution < 1.29 is 4.21 Å². The first-order valence-corrected chi connectivity index (χ1v) is 22.8. The zero-order valence-electron chi connectivity index (χ0n) is 31.7. The van der Waals surface area contributed by atoms with Crippen LogP contribution in [0.25, 0.3) is 0 Å². The summed E-state index contributed by atoms with van der Waals surface area (Å²) in [6.45, 7) is 16.2. The Morgan fingerprint density at radius 3 is 1.59 bits per heavy atom. The van der Waals surface area contributed by atoms with Crippen LogP contribution in [0, 0.1) is 35.5 Å². The van der Waals surface area contributed by atoms with Crippen LogP contribution in [-0.4, -0.2) is 19.3 Å². The summed E-state index contributed by atoms with van der Waals surface area (Å²) in [5.41, 5.74) is 6.13. The molecule has 2 aromatic rings. The number of nitrogens with one attached hydrogen (secondary N) is 1. The monoisotopic (exact) mass is 697 g/mol. The molecule has 266 valence electrons. The van der Waals surface area contributed by atoms with Crippen molar-refractivity contribution >= 4 is 24.2 Å².